The first-order chi connectivity index (χ1) is 9.83. The summed E-state index contributed by atoms with van der Waals surface area (Å²) in [4.78, 5) is 12.4. The van der Waals surface area contributed by atoms with E-state index in [-0.39, 0.29) is 16.2 Å². The molecule has 1 aliphatic rings. The smallest absolute Gasteiger partial charge is 0.273 e. The number of nitrogens with one attached hydrogen (secondary N) is 1. The van der Waals surface area contributed by atoms with Crippen molar-refractivity contribution in [3.05, 3.63) is 17.0 Å². The molecule has 5 nitrogen and oxygen atoms in total. The number of carbonyl (C=O) groups is 1. The molecule has 1 aromatic heterocycles. The molecule has 0 aliphatic carbocycles. The number of sulfonamides is 1. The second-order valence-corrected chi connectivity index (χ2v) is 8.48. The molecule has 1 amide bonds. The van der Waals surface area contributed by atoms with Crippen molar-refractivity contribution in [2.45, 2.75) is 43.9 Å². The lowest BCUT2D eigenvalue weighted by Crippen LogP contribution is -2.45. The molecule has 1 saturated heterocycles. The first-order valence-corrected chi connectivity index (χ1v) is 9.41. The van der Waals surface area contributed by atoms with Crippen molar-refractivity contribution in [3.63, 3.8) is 0 Å². The van der Waals surface area contributed by atoms with Gasteiger partial charge in [0.15, 0.2) is 0 Å². The maximum Gasteiger partial charge on any atom is 0.273 e. The van der Waals surface area contributed by atoms with E-state index in [0.717, 1.165) is 17.8 Å². The minimum Gasteiger partial charge on any atom is -0.377 e. The van der Waals surface area contributed by atoms with E-state index < -0.39 is 21.8 Å². The molecule has 1 aromatic rings. The van der Waals surface area contributed by atoms with Crippen LogP contribution >= 0.6 is 11.3 Å². The van der Waals surface area contributed by atoms with Gasteiger partial charge in [0.1, 0.15) is 4.21 Å². The average molecular weight is 331 g/mol. The molecule has 21 heavy (non-hydrogen) atoms. The van der Waals surface area contributed by atoms with Crippen LogP contribution in [0.5, 0.6) is 0 Å². The summed E-state index contributed by atoms with van der Waals surface area (Å²) in [6.45, 7) is 6.31. The van der Waals surface area contributed by atoms with Crippen molar-refractivity contribution in [1.82, 2.24) is 4.72 Å². The van der Waals surface area contributed by atoms with E-state index in [1.165, 1.54) is 0 Å². The summed E-state index contributed by atoms with van der Waals surface area (Å²) in [5.74, 6) is -0.692. The van der Waals surface area contributed by atoms with Gasteiger partial charge in [-0.1, -0.05) is 13.8 Å². The van der Waals surface area contributed by atoms with Crippen molar-refractivity contribution in [2.75, 3.05) is 6.61 Å². The Morgan fingerprint density at radius 3 is 2.76 bits per heavy atom. The largest absolute Gasteiger partial charge is 0.377 e. The third-order valence-electron chi connectivity index (χ3n) is 3.65. The second kappa shape index (κ2) is 6.46. The first-order valence-electron chi connectivity index (χ1n) is 7.05. The Bertz CT molecular complexity index is 606. The zero-order chi connectivity index (χ0) is 15.6. The summed E-state index contributed by atoms with van der Waals surface area (Å²) in [7, 11) is -3.78. The summed E-state index contributed by atoms with van der Waals surface area (Å²) in [6, 6.07) is 1.73. The van der Waals surface area contributed by atoms with Gasteiger partial charge in [-0.25, -0.2) is 13.1 Å². The van der Waals surface area contributed by atoms with Crippen LogP contribution in [0.3, 0.4) is 0 Å². The molecule has 0 aromatic carbocycles. The molecule has 0 radical (unpaired) electrons. The van der Waals surface area contributed by atoms with Gasteiger partial charge in [0.2, 0.25) is 5.91 Å². The van der Waals surface area contributed by atoms with E-state index in [9.17, 15) is 13.2 Å². The molecule has 1 N–H and O–H groups in total. The lowest BCUT2D eigenvalue weighted by molar-refractivity contribution is -0.135. The number of hydrogen-bond acceptors (Lipinski definition) is 5. The molecule has 0 unspecified atom stereocenters. The number of carbonyl (C=O) groups excluding carboxylic acids is 1. The van der Waals surface area contributed by atoms with Gasteiger partial charge in [-0.15, -0.1) is 11.3 Å². The molecule has 2 atom stereocenters. The van der Waals surface area contributed by atoms with Gasteiger partial charge in [0, 0.05) is 6.61 Å². The Morgan fingerprint density at radius 1 is 1.48 bits per heavy atom. The topological polar surface area (TPSA) is 72.5 Å². The Kier molecular flexibility index (Phi) is 5.06. The number of amides is 1. The monoisotopic (exact) mass is 331 g/mol. The van der Waals surface area contributed by atoms with Crippen molar-refractivity contribution in [3.8, 4) is 0 Å². The number of ether oxygens (including phenoxy) is 1. The standard InChI is InChI=1S/C14H21NO4S2/c1-9(2)12-11(5-4-7-19-12)13(16)15-21(17,18)14-10(3)6-8-20-14/h6,8-9,11-12H,4-5,7H2,1-3H3,(H,15,16)/t11-,12-/m0/s1. The fourth-order valence-electron chi connectivity index (χ4n) is 2.63. The first kappa shape index (κ1) is 16.5. The van der Waals surface area contributed by atoms with Gasteiger partial charge >= 0.3 is 0 Å². The molecule has 0 spiro atoms. The average Bonchev–Trinajstić information content (AvgIpc) is 2.85. The quantitative estimate of drug-likeness (QED) is 0.919. The molecule has 7 heteroatoms. The Balaban J connectivity index is 2.15. The van der Waals surface area contributed by atoms with Crippen LogP contribution in [0.25, 0.3) is 0 Å². The highest BCUT2D eigenvalue weighted by Gasteiger charge is 2.36. The molecule has 1 aliphatic heterocycles. The van der Waals surface area contributed by atoms with E-state index in [2.05, 4.69) is 4.72 Å². The fourth-order valence-corrected chi connectivity index (χ4v) is 5.08. The molecular formula is C14H21NO4S2. The zero-order valence-corrected chi connectivity index (χ0v) is 14.1. The molecule has 1 fully saturated rings. The van der Waals surface area contributed by atoms with Crippen molar-refractivity contribution >= 4 is 27.3 Å². The van der Waals surface area contributed by atoms with Crippen LogP contribution in [0.1, 0.15) is 32.3 Å². The second-order valence-electron chi connectivity index (χ2n) is 5.69. The fraction of sp³-hybridized carbons (Fsp3) is 0.643. The molecular weight excluding hydrogens is 310 g/mol. The third-order valence-corrected chi connectivity index (χ3v) is 6.69. The lowest BCUT2D eigenvalue weighted by Gasteiger charge is -2.33. The summed E-state index contributed by atoms with van der Waals surface area (Å²) in [5.41, 5.74) is 0.653. The van der Waals surface area contributed by atoms with Crippen LogP contribution in [-0.4, -0.2) is 27.0 Å². The van der Waals surface area contributed by atoms with E-state index in [0.29, 0.717) is 18.6 Å². The van der Waals surface area contributed by atoms with Gasteiger partial charge in [0.25, 0.3) is 10.0 Å². The van der Waals surface area contributed by atoms with Gasteiger partial charge in [-0.2, -0.15) is 0 Å². The number of rotatable bonds is 4. The third kappa shape index (κ3) is 3.64. The van der Waals surface area contributed by atoms with Crippen LogP contribution in [0.15, 0.2) is 15.7 Å². The highest BCUT2D eigenvalue weighted by molar-refractivity contribution is 7.92. The highest BCUT2D eigenvalue weighted by atomic mass is 32.2. The lowest BCUT2D eigenvalue weighted by atomic mass is 9.87. The summed E-state index contributed by atoms with van der Waals surface area (Å²) >= 11 is 1.12. The summed E-state index contributed by atoms with van der Waals surface area (Å²) < 4.78 is 32.6. The van der Waals surface area contributed by atoms with Gasteiger partial charge < -0.3 is 4.74 Å². The maximum absolute atomic E-state index is 12.4. The normalized spacial score (nSPS) is 23.2. The molecule has 0 saturated carbocycles. The van der Waals surface area contributed by atoms with Gasteiger partial charge in [-0.3, -0.25) is 4.79 Å². The van der Waals surface area contributed by atoms with Crippen molar-refractivity contribution in [2.24, 2.45) is 11.8 Å². The van der Waals surface area contributed by atoms with Gasteiger partial charge in [0.05, 0.1) is 12.0 Å². The van der Waals surface area contributed by atoms with Crippen LogP contribution in [0.2, 0.25) is 0 Å². The molecule has 0 bridgehead atoms. The zero-order valence-electron chi connectivity index (χ0n) is 12.5. The van der Waals surface area contributed by atoms with Crippen LogP contribution in [-0.2, 0) is 19.6 Å². The molecule has 2 heterocycles. The van der Waals surface area contributed by atoms with Crippen molar-refractivity contribution < 1.29 is 17.9 Å². The maximum atomic E-state index is 12.4. The van der Waals surface area contributed by atoms with E-state index >= 15 is 0 Å². The number of hydrogen-bond donors (Lipinski definition) is 1. The van der Waals surface area contributed by atoms with Crippen LogP contribution in [0.4, 0.5) is 0 Å². The molecule has 118 valence electrons. The highest BCUT2D eigenvalue weighted by Crippen LogP contribution is 2.28. The Hall–Kier alpha value is -0.920. The van der Waals surface area contributed by atoms with Crippen LogP contribution < -0.4 is 4.72 Å². The molecule has 2 rings (SSSR count). The SMILES string of the molecule is Cc1ccsc1S(=O)(=O)NC(=O)[C@H]1CCCO[C@H]1C(C)C. The van der Waals surface area contributed by atoms with E-state index in [1.807, 2.05) is 13.8 Å². The Morgan fingerprint density at radius 2 is 2.19 bits per heavy atom. The van der Waals surface area contributed by atoms with E-state index in [4.69, 9.17) is 4.74 Å². The number of aryl methyl sites for hydroxylation is 1. The minimum atomic E-state index is -3.78. The predicted molar refractivity (Wildman–Crippen MR) is 81.7 cm³/mol. The predicted octanol–water partition coefficient (Wildman–Crippen LogP) is 2.31. The van der Waals surface area contributed by atoms with Crippen molar-refractivity contribution in [1.29, 1.82) is 0 Å². The van der Waals surface area contributed by atoms with E-state index in [1.54, 1.807) is 18.4 Å². The van der Waals surface area contributed by atoms with Crippen LogP contribution in [0, 0.1) is 18.8 Å². The minimum absolute atomic E-state index is 0.173. The summed E-state index contributed by atoms with van der Waals surface area (Å²) in [5, 5.41) is 1.70. The summed E-state index contributed by atoms with van der Waals surface area (Å²) in [6.07, 6.45) is 1.21. The van der Waals surface area contributed by atoms with Gasteiger partial charge in [-0.05, 0) is 42.7 Å². The Labute approximate surface area is 129 Å². The number of thiophene rings is 1.